The lowest BCUT2D eigenvalue weighted by Gasteiger charge is -2.51. The lowest BCUT2D eigenvalue weighted by molar-refractivity contribution is 0.00303. The van der Waals surface area contributed by atoms with Crippen LogP contribution < -0.4 is 10.6 Å². The second-order valence-corrected chi connectivity index (χ2v) is 9.40. The molecule has 6 nitrogen and oxygen atoms in total. The summed E-state index contributed by atoms with van der Waals surface area (Å²) in [6.45, 7) is 5.90. The summed E-state index contributed by atoms with van der Waals surface area (Å²) in [5.74, 6) is 1.09. The number of rotatable bonds is 7. The van der Waals surface area contributed by atoms with Crippen molar-refractivity contribution in [1.29, 1.82) is 0 Å². The van der Waals surface area contributed by atoms with Gasteiger partial charge in [0.25, 0.3) is 0 Å². The summed E-state index contributed by atoms with van der Waals surface area (Å²) in [6.07, 6.45) is 6.10. The van der Waals surface area contributed by atoms with Crippen molar-refractivity contribution in [3.8, 4) is 0 Å². The third kappa shape index (κ3) is 4.43. The highest BCUT2D eigenvalue weighted by Gasteiger charge is 2.43. The van der Waals surface area contributed by atoms with Crippen LogP contribution in [0.2, 0.25) is 0 Å². The van der Waals surface area contributed by atoms with Gasteiger partial charge in [0.05, 0.1) is 24.2 Å². The summed E-state index contributed by atoms with van der Waals surface area (Å²) in [4.78, 5) is 20.3. The van der Waals surface area contributed by atoms with Gasteiger partial charge >= 0.3 is 6.03 Å². The van der Waals surface area contributed by atoms with E-state index < -0.39 is 6.04 Å². The quantitative estimate of drug-likeness (QED) is 0.466. The van der Waals surface area contributed by atoms with E-state index in [-0.39, 0.29) is 24.7 Å². The van der Waals surface area contributed by atoms with Gasteiger partial charge in [0.1, 0.15) is 0 Å². The third-order valence-corrected chi connectivity index (χ3v) is 7.53. The Hall–Kier alpha value is -3.22. The van der Waals surface area contributed by atoms with Crippen molar-refractivity contribution in [3.05, 3.63) is 90.6 Å². The van der Waals surface area contributed by atoms with Gasteiger partial charge in [0, 0.05) is 24.2 Å². The second kappa shape index (κ2) is 9.95. The fraction of sp³-hybridized carbons (Fsp3) is 0.357. The molecule has 176 valence electrons. The van der Waals surface area contributed by atoms with Crippen LogP contribution in [0.4, 0.5) is 4.79 Å². The molecule has 6 heteroatoms. The summed E-state index contributed by atoms with van der Waals surface area (Å²) in [5, 5.41) is 17.3. The molecule has 6 atom stereocenters. The minimum absolute atomic E-state index is 0.168. The van der Waals surface area contributed by atoms with Gasteiger partial charge in [0.15, 0.2) is 0 Å². The molecular weight excluding hydrogens is 424 g/mol. The van der Waals surface area contributed by atoms with E-state index in [1.165, 1.54) is 6.42 Å². The number of aliphatic hydroxyl groups is 1. The fourth-order valence-corrected chi connectivity index (χ4v) is 5.76. The number of para-hydroxylation sites is 1. The summed E-state index contributed by atoms with van der Waals surface area (Å²) >= 11 is 0. The van der Waals surface area contributed by atoms with E-state index in [1.54, 1.807) is 0 Å². The van der Waals surface area contributed by atoms with Gasteiger partial charge in [-0.15, -0.1) is 6.58 Å². The lowest BCUT2D eigenvalue weighted by atomic mass is 9.73. The number of carbonyl (C=O) groups is 1. The molecule has 3 N–H and O–H groups in total. The zero-order valence-electron chi connectivity index (χ0n) is 19.3. The third-order valence-electron chi connectivity index (χ3n) is 7.53. The predicted molar refractivity (Wildman–Crippen MR) is 134 cm³/mol. The van der Waals surface area contributed by atoms with Gasteiger partial charge in [-0.25, -0.2) is 4.79 Å². The van der Waals surface area contributed by atoms with Crippen LogP contribution in [0.15, 0.2) is 79.5 Å². The lowest BCUT2D eigenvalue weighted by Crippen LogP contribution is -2.58. The van der Waals surface area contributed by atoms with E-state index in [2.05, 4.69) is 39.2 Å². The van der Waals surface area contributed by atoms with E-state index >= 15 is 0 Å². The van der Waals surface area contributed by atoms with E-state index in [1.807, 2.05) is 60.8 Å². The summed E-state index contributed by atoms with van der Waals surface area (Å²) in [5.41, 5.74) is 2.87. The maximum absolute atomic E-state index is 13.3. The monoisotopic (exact) mass is 456 g/mol. The van der Waals surface area contributed by atoms with E-state index in [0.717, 1.165) is 41.5 Å². The standard InChI is InChI=1S/C28H32N4O2/c1-2-19-17-32-15-13-21(19)16-26(32)27(23-12-14-29-24-11-7-6-10-22(23)24)31-28(34)30-25(18-33)20-8-4-3-5-9-20/h2-12,14,19,21,25-27,33H,1,13,15-18H2,(H2,30,31,34)/t19-,21-,25-,26-,27?/m0/s1. The van der Waals surface area contributed by atoms with Crippen molar-refractivity contribution < 1.29 is 9.90 Å². The molecule has 2 bridgehead atoms. The van der Waals surface area contributed by atoms with Gasteiger partial charge in [0.2, 0.25) is 0 Å². The number of hydrogen-bond donors (Lipinski definition) is 3. The second-order valence-electron chi connectivity index (χ2n) is 9.40. The van der Waals surface area contributed by atoms with Crippen LogP contribution in [0.3, 0.4) is 0 Å². The van der Waals surface area contributed by atoms with Crippen LogP contribution in [-0.4, -0.2) is 46.8 Å². The molecule has 34 heavy (non-hydrogen) atoms. The number of hydrogen-bond acceptors (Lipinski definition) is 4. The number of nitrogens with zero attached hydrogens (tertiary/aromatic N) is 2. The summed E-state index contributed by atoms with van der Waals surface area (Å²) in [6, 6.07) is 18.9. The molecule has 2 aromatic carbocycles. The topological polar surface area (TPSA) is 77.5 Å². The summed E-state index contributed by atoms with van der Waals surface area (Å²) in [7, 11) is 0. The Kier molecular flexibility index (Phi) is 6.61. The number of aromatic nitrogens is 1. The van der Waals surface area contributed by atoms with Crippen LogP contribution in [0.5, 0.6) is 0 Å². The minimum Gasteiger partial charge on any atom is -0.394 e. The van der Waals surface area contributed by atoms with Crippen molar-refractivity contribution in [3.63, 3.8) is 0 Å². The maximum Gasteiger partial charge on any atom is 0.315 e. The number of carbonyl (C=O) groups excluding carboxylic acids is 1. The maximum atomic E-state index is 13.3. The number of nitrogens with one attached hydrogen (secondary N) is 2. The number of pyridine rings is 1. The van der Waals surface area contributed by atoms with Gasteiger partial charge < -0.3 is 15.7 Å². The molecule has 1 aromatic heterocycles. The zero-order valence-corrected chi connectivity index (χ0v) is 19.3. The Balaban J connectivity index is 1.45. The van der Waals surface area contributed by atoms with Crippen molar-refractivity contribution >= 4 is 16.9 Å². The largest absolute Gasteiger partial charge is 0.394 e. The number of amides is 2. The first-order valence-corrected chi connectivity index (χ1v) is 12.1. The first-order valence-electron chi connectivity index (χ1n) is 12.1. The van der Waals surface area contributed by atoms with Crippen molar-refractivity contribution in [2.45, 2.75) is 31.0 Å². The van der Waals surface area contributed by atoms with Gasteiger partial charge in [-0.2, -0.15) is 0 Å². The van der Waals surface area contributed by atoms with Crippen LogP contribution in [-0.2, 0) is 0 Å². The molecular formula is C28H32N4O2. The van der Waals surface area contributed by atoms with Crippen LogP contribution in [0, 0.1) is 11.8 Å². The number of fused-ring (bicyclic) bond motifs is 4. The molecule has 3 fully saturated rings. The Bertz CT molecular complexity index is 1150. The van der Waals surface area contributed by atoms with Crippen LogP contribution in [0.25, 0.3) is 10.9 Å². The molecule has 2 unspecified atom stereocenters. The first kappa shape index (κ1) is 22.6. The molecule has 3 aliphatic rings. The minimum atomic E-state index is -0.468. The Morgan fingerprint density at radius 3 is 2.68 bits per heavy atom. The average Bonchev–Trinajstić information content (AvgIpc) is 2.90. The van der Waals surface area contributed by atoms with Gasteiger partial charge in [-0.1, -0.05) is 54.6 Å². The van der Waals surface area contributed by atoms with Crippen LogP contribution >= 0.6 is 0 Å². The predicted octanol–water partition coefficient (Wildman–Crippen LogP) is 4.21. The van der Waals surface area contributed by atoms with Crippen molar-refractivity contribution in [1.82, 2.24) is 20.5 Å². The molecule has 0 aliphatic carbocycles. The average molecular weight is 457 g/mol. The van der Waals surface area contributed by atoms with E-state index in [4.69, 9.17) is 0 Å². The number of piperidine rings is 3. The fourth-order valence-electron chi connectivity index (χ4n) is 5.76. The molecule has 3 saturated heterocycles. The number of aliphatic hydroxyl groups excluding tert-OH is 1. The number of benzene rings is 2. The van der Waals surface area contributed by atoms with Gasteiger partial charge in [-0.3, -0.25) is 9.88 Å². The normalized spacial score (nSPS) is 25.4. The molecule has 3 aromatic rings. The molecule has 0 radical (unpaired) electrons. The van der Waals surface area contributed by atoms with Crippen LogP contribution in [0.1, 0.15) is 36.1 Å². The van der Waals surface area contributed by atoms with Gasteiger partial charge in [-0.05, 0) is 54.5 Å². The first-order chi connectivity index (χ1) is 16.7. The SMILES string of the molecule is C=C[C@H]1CN2CC[C@H]1C[C@H]2C(NC(=O)N[C@@H](CO)c1ccccc1)c1ccnc2ccccc12. The van der Waals surface area contributed by atoms with Crippen molar-refractivity contribution in [2.24, 2.45) is 11.8 Å². The van der Waals surface area contributed by atoms with E-state index in [9.17, 15) is 9.90 Å². The smallest absolute Gasteiger partial charge is 0.315 e. The molecule has 4 heterocycles. The number of urea groups is 1. The zero-order chi connectivity index (χ0) is 23.5. The highest BCUT2D eigenvalue weighted by Crippen LogP contribution is 2.42. The molecule has 2 amide bonds. The van der Waals surface area contributed by atoms with E-state index in [0.29, 0.717) is 11.8 Å². The Labute approximate surface area is 200 Å². The Morgan fingerprint density at radius 2 is 1.94 bits per heavy atom. The molecule has 3 aliphatic heterocycles. The highest BCUT2D eigenvalue weighted by molar-refractivity contribution is 5.83. The molecule has 6 rings (SSSR count). The molecule has 0 saturated carbocycles. The van der Waals surface area contributed by atoms with Crippen molar-refractivity contribution in [2.75, 3.05) is 19.7 Å². The highest BCUT2D eigenvalue weighted by atomic mass is 16.3. The summed E-state index contributed by atoms with van der Waals surface area (Å²) < 4.78 is 0. The molecule has 0 spiro atoms. The Morgan fingerprint density at radius 1 is 1.15 bits per heavy atom.